The summed E-state index contributed by atoms with van der Waals surface area (Å²) >= 11 is 10.5. The van der Waals surface area contributed by atoms with E-state index in [-0.39, 0.29) is 17.2 Å². The number of hydrogen-bond donors (Lipinski definition) is 0. The molecule has 1 aromatic heterocycles. The summed E-state index contributed by atoms with van der Waals surface area (Å²) in [7, 11) is 0. The number of nitrogens with zero attached hydrogens (tertiary/aromatic N) is 3. The minimum Gasteiger partial charge on any atom is -0.490 e. The van der Waals surface area contributed by atoms with Gasteiger partial charge in [-0.05, 0) is 75.9 Å². The quantitative estimate of drug-likeness (QED) is 0.161. The Kier molecular flexibility index (Phi) is 8.44. The Morgan fingerprint density at radius 1 is 1.17 bits per heavy atom. The lowest BCUT2D eigenvalue weighted by molar-refractivity contribution is -0.132. The Labute approximate surface area is 228 Å². The van der Waals surface area contributed by atoms with Gasteiger partial charge in [0.25, 0.3) is 5.56 Å². The third kappa shape index (κ3) is 5.70. The first-order chi connectivity index (χ1) is 16.8. The molecular weight excluding hydrogens is 646 g/mol. The minimum atomic E-state index is -0.461. The van der Waals surface area contributed by atoms with Crippen molar-refractivity contribution in [3.05, 3.63) is 59.4 Å². The zero-order valence-electron chi connectivity index (χ0n) is 19.3. The molecule has 184 valence electrons. The Morgan fingerprint density at radius 2 is 1.91 bits per heavy atom. The summed E-state index contributed by atoms with van der Waals surface area (Å²) in [4.78, 5) is 30.0. The van der Waals surface area contributed by atoms with Crippen molar-refractivity contribution in [2.75, 3.05) is 6.61 Å². The molecule has 0 N–H and O–H groups in total. The molecule has 1 heterocycles. The van der Waals surface area contributed by atoms with Gasteiger partial charge < -0.3 is 9.47 Å². The van der Waals surface area contributed by atoms with Crippen molar-refractivity contribution < 1.29 is 14.3 Å². The summed E-state index contributed by atoms with van der Waals surface area (Å²) in [6.07, 6.45) is 6.96. The van der Waals surface area contributed by atoms with Crippen molar-refractivity contribution in [2.45, 2.75) is 51.9 Å². The zero-order valence-corrected chi connectivity index (χ0v) is 24.1. The van der Waals surface area contributed by atoms with Crippen LogP contribution in [0.5, 0.6) is 11.5 Å². The number of carbonyl (C=O) groups is 1. The van der Waals surface area contributed by atoms with Gasteiger partial charge in [-0.25, -0.2) is 4.98 Å². The van der Waals surface area contributed by atoms with Crippen LogP contribution in [0.1, 0.15) is 63.3 Å². The third-order valence-corrected chi connectivity index (χ3v) is 8.45. The van der Waals surface area contributed by atoms with Crippen LogP contribution in [-0.4, -0.2) is 28.5 Å². The van der Waals surface area contributed by atoms with E-state index in [2.05, 4.69) is 52.9 Å². The van der Waals surface area contributed by atoms with Crippen molar-refractivity contribution in [1.82, 2.24) is 9.66 Å². The maximum absolute atomic E-state index is 13.5. The lowest BCUT2D eigenvalue weighted by atomic mass is 9.88. The van der Waals surface area contributed by atoms with E-state index in [1.54, 1.807) is 18.3 Å². The van der Waals surface area contributed by atoms with Crippen molar-refractivity contribution in [2.24, 2.45) is 5.10 Å². The molecule has 35 heavy (non-hydrogen) atoms. The van der Waals surface area contributed by atoms with E-state index in [0.29, 0.717) is 43.6 Å². The Balaban J connectivity index is 1.86. The first kappa shape index (κ1) is 26.0. The first-order valence-electron chi connectivity index (χ1n) is 11.4. The predicted octanol–water partition coefficient (Wildman–Crippen LogP) is 6.94. The molecule has 1 aliphatic rings. The standard InChI is InChI=1S/C25H24Br3N3O4/c1-3-34-20-11-16(21(27)22(28)23(20)35-14(2)32)13-29-31-24(15-7-5-4-6-8-15)30-19-10-9-17(26)12-18(19)25(31)33/h9-13,15H,3-8H2,1-2H3. The first-order valence-corrected chi connectivity index (χ1v) is 13.8. The monoisotopic (exact) mass is 667 g/mol. The number of ether oxygens (including phenoxy) is 2. The molecule has 1 aliphatic carbocycles. The van der Waals surface area contributed by atoms with E-state index in [1.807, 2.05) is 19.1 Å². The summed E-state index contributed by atoms with van der Waals surface area (Å²) in [5.41, 5.74) is 1.09. The molecular formula is C25H24Br3N3O4. The van der Waals surface area contributed by atoms with Gasteiger partial charge in [0.15, 0.2) is 11.5 Å². The molecule has 0 bridgehead atoms. The SMILES string of the molecule is CCOc1cc(C=Nn2c(C3CCCCC3)nc3ccc(Br)cc3c2=O)c(Br)c(Br)c1OC(C)=O. The van der Waals surface area contributed by atoms with Gasteiger partial charge in [-0.15, -0.1) is 0 Å². The van der Waals surface area contributed by atoms with E-state index in [4.69, 9.17) is 14.5 Å². The highest BCUT2D eigenvalue weighted by atomic mass is 79.9. The Morgan fingerprint density at radius 3 is 2.60 bits per heavy atom. The van der Waals surface area contributed by atoms with Crippen LogP contribution < -0.4 is 15.0 Å². The summed E-state index contributed by atoms with van der Waals surface area (Å²) in [6, 6.07) is 7.24. The van der Waals surface area contributed by atoms with Crippen molar-refractivity contribution in [3.63, 3.8) is 0 Å². The van der Waals surface area contributed by atoms with Gasteiger partial charge in [0.1, 0.15) is 5.82 Å². The number of hydrogen-bond acceptors (Lipinski definition) is 6. The maximum atomic E-state index is 13.5. The van der Waals surface area contributed by atoms with Crippen LogP contribution in [0.2, 0.25) is 0 Å². The fourth-order valence-electron chi connectivity index (χ4n) is 4.22. The highest BCUT2D eigenvalue weighted by Gasteiger charge is 2.23. The van der Waals surface area contributed by atoms with Gasteiger partial charge in [0, 0.05) is 27.4 Å². The van der Waals surface area contributed by atoms with Gasteiger partial charge in [-0.1, -0.05) is 35.2 Å². The number of halogens is 3. The highest BCUT2D eigenvalue weighted by molar-refractivity contribution is 9.13. The molecule has 3 aromatic rings. The van der Waals surface area contributed by atoms with Crippen LogP contribution in [-0.2, 0) is 4.79 Å². The number of carbonyl (C=O) groups excluding carboxylic acids is 1. The van der Waals surface area contributed by atoms with Gasteiger partial charge in [0.2, 0.25) is 0 Å². The number of rotatable bonds is 6. The zero-order chi connectivity index (χ0) is 25.1. The van der Waals surface area contributed by atoms with Crippen molar-refractivity contribution in [1.29, 1.82) is 0 Å². The van der Waals surface area contributed by atoms with Crippen LogP contribution in [0.15, 0.2) is 47.6 Å². The molecule has 1 saturated carbocycles. The predicted molar refractivity (Wildman–Crippen MR) is 147 cm³/mol. The summed E-state index contributed by atoms with van der Waals surface area (Å²) in [5.74, 6) is 1.05. The average Bonchev–Trinajstić information content (AvgIpc) is 2.84. The Bertz CT molecular complexity index is 1360. The average molecular weight is 670 g/mol. The topological polar surface area (TPSA) is 82.8 Å². The van der Waals surface area contributed by atoms with Crippen molar-refractivity contribution in [3.8, 4) is 11.5 Å². The van der Waals surface area contributed by atoms with E-state index < -0.39 is 5.97 Å². The van der Waals surface area contributed by atoms with Gasteiger partial charge in [0.05, 0.1) is 28.2 Å². The lowest BCUT2D eigenvalue weighted by Gasteiger charge is -2.22. The lowest BCUT2D eigenvalue weighted by Crippen LogP contribution is -2.25. The van der Waals surface area contributed by atoms with Gasteiger partial charge in [-0.2, -0.15) is 9.78 Å². The molecule has 0 saturated heterocycles. The summed E-state index contributed by atoms with van der Waals surface area (Å²) in [5, 5.41) is 5.11. The molecule has 2 aromatic carbocycles. The van der Waals surface area contributed by atoms with E-state index in [0.717, 1.165) is 30.2 Å². The molecule has 0 aliphatic heterocycles. The van der Waals surface area contributed by atoms with E-state index in [9.17, 15) is 9.59 Å². The van der Waals surface area contributed by atoms with E-state index in [1.165, 1.54) is 18.0 Å². The smallest absolute Gasteiger partial charge is 0.308 e. The summed E-state index contributed by atoms with van der Waals surface area (Å²) in [6.45, 7) is 3.56. The molecule has 0 spiro atoms. The number of aromatic nitrogens is 2. The summed E-state index contributed by atoms with van der Waals surface area (Å²) < 4.78 is 14.4. The van der Waals surface area contributed by atoms with Crippen LogP contribution in [0.25, 0.3) is 10.9 Å². The molecule has 0 amide bonds. The van der Waals surface area contributed by atoms with E-state index >= 15 is 0 Å². The van der Waals surface area contributed by atoms with Crippen LogP contribution in [0.3, 0.4) is 0 Å². The molecule has 0 radical (unpaired) electrons. The molecule has 10 heteroatoms. The number of fused-ring (bicyclic) bond motifs is 1. The maximum Gasteiger partial charge on any atom is 0.308 e. The molecule has 4 rings (SSSR count). The fraction of sp³-hybridized carbons (Fsp3) is 0.360. The normalized spacial score (nSPS) is 14.5. The number of benzene rings is 2. The van der Waals surface area contributed by atoms with Crippen LogP contribution in [0.4, 0.5) is 0 Å². The van der Waals surface area contributed by atoms with Gasteiger partial charge >= 0.3 is 5.97 Å². The second-order valence-corrected chi connectivity index (χ2v) is 10.8. The van der Waals surface area contributed by atoms with Crippen LogP contribution >= 0.6 is 47.8 Å². The fourth-order valence-corrected chi connectivity index (χ4v) is 5.49. The minimum absolute atomic E-state index is 0.169. The van der Waals surface area contributed by atoms with Crippen LogP contribution in [0, 0.1) is 0 Å². The largest absolute Gasteiger partial charge is 0.490 e. The Hall–Kier alpha value is -2.04. The van der Waals surface area contributed by atoms with Gasteiger partial charge in [-0.3, -0.25) is 9.59 Å². The molecule has 1 fully saturated rings. The highest BCUT2D eigenvalue weighted by Crippen LogP contribution is 2.42. The third-order valence-electron chi connectivity index (χ3n) is 5.82. The molecule has 0 atom stereocenters. The number of esters is 1. The second kappa shape index (κ2) is 11.3. The second-order valence-electron chi connectivity index (χ2n) is 8.28. The molecule has 0 unspecified atom stereocenters. The molecule has 7 nitrogen and oxygen atoms in total. The van der Waals surface area contributed by atoms with Crippen molar-refractivity contribution >= 4 is 70.9 Å².